The molecule has 3 nitrogen and oxygen atoms in total. The quantitative estimate of drug-likeness (QED) is 0.506. The minimum atomic E-state index is 0.699. The lowest BCUT2D eigenvalue weighted by molar-refractivity contribution is 0.400. The van der Waals surface area contributed by atoms with Crippen LogP contribution in [-0.4, -0.2) is 11.6 Å². The zero-order valence-electron chi connectivity index (χ0n) is 9.14. The summed E-state index contributed by atoms with van der Waals surface area (Å²) in [6.45, 7) is 8.19. The van der Waals surface area contributed by atoms with Crippen molar-refractivity contribution in [3.63, 3.8) is 0 Å². The van der Waals surface area contributed by atoms with Gasteiger partial charge in [0.25, 0.3) is 0 Å². The van der Waals surface area contributed by atoms with E-state index in [1.165, 1.54) is 0 Å². The highest BCUT2D eigenvalue weighted by atomic mass is 15.5. The van der Waals surface area contributed by atoms with Gasteiger partial charge in [-0.25, -0.2) is 5.01 Å². The lowest BCUT2D eigenvalue weighted by Crippen LogP contribution is -2.13. The molecule has 1 heterocycles. The van der Waals surface area contributed by atoms with Gasteiger partial charge in [0.2, 0.25) is 0 Å². The topological polar surface area (TPSA) is 28.0 Å². The van der Waals surface area contributed by atoms with Crippen LogP contribution in [0.25, 0.3) is 0 Å². The van der Waals surface area contributed by atoms with E-state index in [1.807, 2.05) is 32.1 Å². The molecule has 0 saturated carbocycles. The molecule has 15 heavy (non-hydrogen) atoms. The van der Waals surface area contributed by atoms with Crippen LogP contribution < -0.4 is 0 Å². The second kappa shape index (κ2) is 5.78. The Balaban J connectivity index is 2.63. The van der Waals surface area contributed by atoms with E-state index in [2.05, 4.69) is 22.6 Å². The fourth-order valence-corrected chi connectivity index (χ4v) is 1.04. The number of nitrogens with zero attached hydrogens (tertiary/aromatic N) is 3. The highest BCUT2D eigenvalue weighted by molar-refractivity contribution is 5.22. The Morgan fingerprint density at radius 3 is 3.00 bits per heavy atom. The average molecular weight is 201 g/mol. The molecule has 0 N–H and O–H groups in total. The highest BCUT2D eigenvalue weighted by Gasteiger charge is 2.01. The van der Waals surface area contributed by atoms with E-state index in [0.717, 1.165) is 11.3 Å². The average Bonchev–Trinajstić information content (AvgIpc) is 2.27. The van der Waals surface area contributed by atoms with Gasteiger partial charge in [-0.1, -0.05) is 41.8 Å². The summed E-state index contributed by atoms with van der Waals surface area (Å²) in [5.41, 5.74) is 4.96. The van der Waals surface area contributed by atoms with Gasteiger partial charge in [-0.15, -0.1) is 5.11 Å². The van der Waals surface area contributed by atoms with E-state index >= 15 is 0 Å². The van der Waals surface area contributed by atoms with Crippen molar-refractivity contribution >= 4 is 0 Å². The molecular formula is C12H15N3. The third kappa shape index (κ3) is 3.79. The van der Waals surface area contributed by atoms with Gasteiger partial charge in [-0.2, -0.15) is 0 Å². The van der Waals surface area contributed by atoms with Crippen LogP contribution in [0, 0.1) is 0 Å². The molecule has 0 radical (unpaired) electrons. The zero-order chi connectivity index (χ0) is 11.1. The standard InChI is InChI=1S/C12H15N3/c1-4-6-7-12(5-2)10-15-9-8-11(3)13-14-15/h4-7,9H,1,10H2,2-3H3/b7-6-,12-5+. The zero-order valence-corrected chi connectivity index (χ0v) is 9.14. The summed E-state index contributed by atoms with van der Waals surface area (Å²) in [6.07, 6.45) is 9.49. The molecule has 1 rings (SSSR count). The van der Waals surface area contributed by atoms with Crippen LogP contribution in [0.1, 0.15) is 13.8 Å². The summed E-state index contributed by atoms with van der Waals surface area (Å²) in [5.74, 6) is 0. The number of allylic oxidation sites excluding steroid dienone is 4. The van der Waals surface area contributed by atoms with Crippen molar-refractivity contribution in [3.8, 4) is 0 Å². The first-order valence-electron chi connectivity index (χ1n) is 4.82. The van der Waals surface area contributed by atoms with Gasteiger partial charge in [0, 0.05) is 0 Å². The van der Waals surface area contributed by atoms with Gasteiger partial charge < -0.3 is 0 Å². The van der Waals surface area contributed by atoms with Crippen molar-refractivity contribution in [2.45, 2.75) is 13.8 Å². The van der Waals surface area contributed by atoms with Crippen LogP contribution >= 0.6 is 0 Å². The second-order valence-corrected chi connectivity index (χ2v) is 3.10. The van der Waals surface area contributed by atoms with Gasteiger partial charge in [0.1, 0.15) is 5.70 Å². The van der Waals surface area contributed by atoms with E-state index in [0.29, 0.717) is 6.54 Å². The summed E-state index contributed by atoms with van der Waals surface area (Å²) < 4.78 is 0. The Kier molecular flexibility index (Phi) is 4.32. The number of hydrogen-bond acceptors (Lipinski definition) is 3. The lowest BCUT2D eigenvalue weighted by Gasteiger charge is -2.13. The molecule has 0 unspecified atom stereocenters. The van der Waals surface area contributed by atoms with Crippen molar-refractivity contribution in [1.29, 1.82) is 0 Å². The van der Waals surface area contributed by atoms with Crippen molar-refractivity contribution in [2.24, 2.45) is 10.3 Å². The maximum Gasteiger partial charge on any atom is 0.105 e. The molecule has 0 bridgehead atoms. The molecule has 78 valence electrons. The van der Waals surface area contributed by atoms with E-state index in [9.17, 15) is 0 Å². The molecule has 0 saturated heterocycles. The molecule has 0 fully saturated rings. The Hall–Kier alpha value is -1.86. The third-order valence-corrected chi connectivity index (χ3v) is 1.89. The van der Waals surface area contributed by atoms with E-state index in [1.54, 1.807) is 17.3 Å². The molecule has 0 spiro atoms. The molecule has 0 aromatic heterocycles. The van der Waals surface area contributed by atoms with Crippen LogP contribution in [0.15, 0.2) is 64.4 Å². The summed E-state index contributed by atoms with van der Waals surface area (Å²) >= 11 is 0. The predicted molar refractivity (Wildman–Crippen MR) is 61.9 cm³/mol. The summed E-state index contributed by atoms with van der Waals surface area (Å²) in [6, 6.07) is 0. The minimum Gasteiger partial charge on any atom is -0.242 e. The molecule has 0 aliphatic carbocycles. The highest BCUT2D eigenvalue weighted by Crippen LogP contribution is 2.08. The SMILES string of the molecule is C=C/C=C\C(=C/C)CN1C=C=C(C)N=N1. The van der Waals surface area contributed by atoms with Gasteiger partial charge in [-0.3, -0.25) is 0 Å². The summed E-state index contributed by atoms with van der Waals surface area (Å²) in [4.78, 5) is 0. The van der Waals surface area contributed by atoms with Crippen molar-refractivity contribution in [1.82, 2.24) is 5.01 Å². The van der Waals surface area contributed by atoms with E-state index in [4.69, 9.17) is 0 Å². The van der Waals surface area contributed by atoms with E-state index in [-0.39, 0.29) is 0 Å². The molecule has 0 aromatic rings. The minimum absolute atomic E-state index is 0.699. The van der Waals surface area contributed by atoms with Crippen LogP contribution in [0.4, 0.5) is 0 Å². The Morgan fingerprint density at radius 2 is 2.47 bits per heavy atom. The molecule has 1 aliphatic rings. The molecule has 1 aliphatic heterocycles. The molecule has 0 atom stereocenters. The Morgan fingerprint density at radius 1 is 1.67 bits per heavy atom. The van der Waals surface area contributed by atoms with Gasteiger partial charge in [0.05, 0.1) is 12.7 Å². The van der Waals surface area contributed by atoms with Crippen molar-refractivity contribution in [2.75, 3.05) is 6.54 Å². The Bertz CT molecular complexity index is 380. The Labute approximate surface area is 90.5 Å². The first-order valence-corrected chi connectivity index (χ1v) is 4.82. The largest absolute Gasteiger partial charge is 0.242 e. The number of hydrogen-bond donors (Lipinski definition) is 0. The second-order valence-electron chi connectivity index (χ2n) is 3.10. The fourth-order valence-electron chi connectivity index (χ4n) is 1.04. The van der Waals surface area contributed by atoms with Crippen LogP contribution in [0.3, 0.4) is 0 Å². The van der Waals surface area contributed by atoms with Crippen molar-refractivity contribution < 1.29 is 0 Å². The summed E-state index contributed by atoms with van der Waals surface area (Å²) in [7, 11) is 0. The predicted octanol–water partition coefficient (Wildman–Crippen LogP) is 3.37. The fraction of sp³-hybridized carbons (Fsp3) is 0.250. The normalized spacial score (nSPS) is 16.0. The van der Waals surface area contributed by atoms with Gasteiger partial charge in [-0.05, 0) is 19.4 Å². The molecule has 0 amide bonds. The smallest absolute Gasteiger partial charge is 0.105 e. The van der Waals surface area contributed by atoms with Gasteiger partial charge in [0.15, 0.2) is 0 Å². The van der Waals surface area contributed by atoms with Crippen LogP contribution in [-0.2, 0) is 0 Å². The molecular weight excluding hydrogens is 186 g/mol. The third-order valence-electron chi connectivity index (χ3n) is 1.89. The maximum absolute atomic E-state index is 4.01. The first kappa shape index (κ1) is 11.2. The van der Waals surface area contributed by atoms with Crippen LogP contribution in [0.2, 0.25) is 0 Å². The monoisotopic (exact) mass is 201 g/mol. The van der Waals surface area contributed by atoms with Crippen molar-refractivity contribution in [3.05, 3.63) is 54.1 Å². The maximum atomic E-state index is 4.01. The summed E-state index contributed by atoms with van der Waals surface area (Å²) in [5, 5.41) is 9.69. The molecule has 3 heteroatoms. The lowest BCUT2D eigenvalue weighted by atomic mass is 10.2. The molecule has 0 aromatic carbocycles. The first-order chi connectivity index (χ1) is 7.26. The van der Waals surface area contributed by atoms with E-state index < -0.39 is 0 Å². The number of rotatable bonds is 4. The van der Waals surface area contributed by atoms with Gasteiger partial charge >= 0.3 is 0 Å². The van der Waals surface area contributed by atoms with Crippen LogP contribution in [0.5, 0.6) is 0 Å².